The summed E-state index contributed by atoms with van der Waals surface area (Å²) >= 11 is 0. The summed E-state index contributed by atoms with van der Waals surface area (Å²) in [5, 5.41) is 10.1. The van der Waals surface area contributed by atoms with Gasteiger partial charge in [0.25, 0.3) is 0 Å². The zero-order chi connectivity index (χ0) is 22.4. The Morgan fingerprint density at radius 3 is 2.35 bits per heavy atom. The Labute approximate surface area is 182 Å². The number of aryl methyl sites for hydroxylation is 2. The first kappa shape index (κ1) is 22.3. The van der Waals surface area contributed by atoms with E-state index in [0.29, 0.717) is 11.1 Å². The molecule has 0 radical (unpaired) electrons. The van der Waals surface area contributed by atoms with Crippen LogP contribution in [-0.4, -0.2) is 35.1 Å². The highest BCUT2D eigenvalue weighted by atomic mass is 16.5. The lowest BCUT2D eigenvalue weighted by atomic mass is 10.1. The molecule has 0 unspecified atom stereocenters. The molecule has 6 nitrogen and oxygen atoms in total. The van der Waals surface area contributed by atoms with Crippen LogP contribution in [0.5, 0.6) is 5.75 Å². The van der Waals surface area contributed by atoms with Crippen molar-refractivity contribution in [3.63, 3.8) is 0 Å². The van der Waals surface area contributed by atoms with Crippen LogP contribution in [0.1, 0.15) is 39.0 Å². The lowest BCUT2D eigenvalue weighted by Crippen LogP contribution is -2.20. The maximum absolute atomic E-state index is 12.7. The van der Waals surface area contributed by atoms with Crippen molar-refractivity contribution >= 4 is 11.8 Å². The summed E-state index contributed by atoms with van der Waals surface area (Å²) in [6, 6.07) is 18.2. The molecule has 0 amide bonds. The van der Waals surface area contributed by atoms with Crippen molar-refractivity contribution in [2.45, 2.75) is 32.9 Å². The van der Waals surface area contributed by atoms with Gasteiger partial charge in [0.15, 0.2) is 12.7 Å². The van der Waals surface area contributed by atoms with Crippen LogP contribution in [0.25, 0.3) is 0 Å². The normalized spacial score (nSPS) is 11.7. The first-order valence-corrected chi connectivity index (χ1v) is 10.1. The highest BCUT2D eigenvalue weighted by Gasteiger charge is 2.22. The molecule has 0 saturated carbocycles. The van der Waals surface area contributed by atoms with Crippen LogP contribution in [-0.2, 0) is 22.5 Å². The molecule has 3 rings (SSSR count). The molecule has 0 aliphatic heterocycles. The lowest BCUT2D eigenvalue weighted by molar-refractivity contribution is -0.152. The van der Waals surface area contributed by atoms with E-state index < -0.39 is 18.7 Å². The second kappa shape index (κ2) is 10.1. The van der Waals surface area contributed by atoms with Crippen LogP contribution >= 0.6 is 0 Å². The smallest absolute Gasteiger partial charge is 0.340 e. The second-order valence-corrected chi connectivity index (χ2v) is 7.38. The van der Waals surface area contributed by atoms with E-state index in [1.54, 1.807) is 37.4 Å². The van der Waals surface area contributed by atoms with Crippen LogP contribution in [0.15, 0.2) is 60.7 Å². The topological polar surface area (TPSA) is 77.8 Å². The van der Waals surface area contributed by atoms with Crippen molar-refractivity contribution in [2.24, 2.45) is 0 Å². The molecule has 0 fully saturated rings. The van der Waals surface area contributed by atoms with Crippen molar-refractivity contribution in [1.82, 2.24) is 4.57 Å². The van der Waals surface area contributed by atoms with Crippen LogP contribution in [0.3, 0.4) is 0 Å². The molecule has 0 saturated heterocycles. The fraction of sp³-hybridized carbons (Fsp3) is 0.280. The van der Waals surface area contributed by atoms with Crippen molar-refractivity contribution in [3.8, 4) is 5.75 Å². The van der Waals surface area contributed by atoms with E-state index in [1.807, 2.05) is 44.2 Å². The van der Waals surface area contributed by atoms with Crippen LogP contribution in [0.2, 0.25) is 0 Å². The minimum atomic E-state index is -1.41. The molecule has 0 bridgehead atoms. The highest BCUT2D eigenvalue weighted by molar-refractivity contribution is 5.99. The number of nitrogens with zero attached hydrogens (tertiary/aromatic N) is 1. The standard InChI is InChI=1S/C25H27NO5/c1-17-15-22(18(2)26(17)14-13-19-9-11-21(30-3)12-10-19)23(27)16-31-25(29)24(28)20-7-5-4-6-8-20/h4-12,15,24,28H,13-14,16H2,1-3H3/t24-/m0/s1. The van der Waals surface area contributed by atoms with Gasteiger partial charge in [0.05, 0.1) is 7.11 Å². The number of ether oxygens (including phenoxy) is 2. The third kappa shape index (κ3) is 5.41. The molecule has 0 spiro atoms. The van der Waals surface area contributed by atoms with E-state index in [0.717, 1.165) is 30.1 Å². The largest absolute Gasteiger partial charge is 0.497 e. The average Bonchev–Trinajstić information content (AvgIpc) is 3.09. The number of benzene rings is 2. The van der Waals surface area contributed by atoms with Crippen molar-refractivity contribution < 1.29 is 24.2 Å². The molecule has 0 aliphatic carbocycles. The number of hydrogen-bond donors (Lipinski definition) is 1. The molecule has 6 heteroatoms. The van der Waals surface area contributed by atoms with Gasteiger partial charge in [0.1, 0.15) is 5.75 Å². The summed E-state index contributed by atoms with van der Waals surface area (Å²) in [5.74, 6) is -0.317. The minimum Gasteiger partial charge on any atom is -0.497 e. The molecule has 0 aliphatic rings. The predicted octanol–water partition coefficient (Wildman–Crippen LogP) is 3.82. The van der Waals surface area contributed by atoms with Crippen LogP contribution < -0.4 is 4.74 Å². The summed E-state index contributed by atoms with van der Waals surface area (Å²) in [4.78, 5) is 24.8. The molecule has 1 N–H and O–H groups in total. The Balaban J connectivity index is 1.60. The van der Waals surface area contributed by atoms with Crippen molar-refractivity contribution in [2.75, 3.05) is 13.7 Å². The first-order chi connectivity index (χ1) is 14.9. The van der Waals surface area contributed by atoms with Crippen molar-refractivity contribution in [1.29, 1.82) is 0 Å². The maximum atomic E-state index is 12.7. The molecule has 162 valence electrons. The van der Waals surface area contributed by atoms with E-state index in [4.69, 9.17) is 9.47 Å². The average molecular weight is 421 g/mol. The van der Waals surface area contributed by atoms with Gasteiger partial charge in [0, 0.05) is 23.5 Å². The van der Waals surface area contributed by atoms with Gasteiger partial charge in [0.2, 0.25) is 5.78 Å². The van der Waals surface area contributed by atoms with E-state index in [2.05, 4.69) is 4.57 Å². The van der Waals surface area contributed by atoms with Crippen LogP contribution in [0.4, 0.5) is 0 Å². The SMILES string of the molecule is COc1ccc(CCn2c(C)cc(C(=O)COC(=O)[C@@H](O)c3ccccc3)c2C)cc1. The Bertz CT molecular complexity index is 1040. The predicted molar refractivity (Wildman–Crippen MR) is 117 cm³/mol. The summed E-state index contributed by atoms with van der Waals surface area (Å²) < 4.78 is 12.3. The Hall–Kier alpha value is -3.38. The van der Waals surface area contributed by atoms with Gasteiger partial charge in [-0.3, -0.25) is 4.79 Å². The number of rotatable bonds is 9. The third-order valence-electron chi connectivity index (χ3n) is 5.34. The molecule has 1 aromatic heterocycles. The summed E-state index contributed by atoms with van der Waals surface area (Å²) in [6.45, 7) is 4.15. The fourth-order valence-electron chi connectivity index (χ4n) is 3.53. The van der Waals surface area contributed by atoms with Gasteiger partial charge in [-0.2, -0.15) is 0 Å². The summed E-state index contributed by atoms with van der Waals surface area (Å²) in [6.07, 6.45) is -0.599. The Morgan fingerprint density at radius 1 is 1.03 bits per heavy atom. The van der Waals surface area contributed by atoms with E-state index in [9.17, 15) is 14.7 Å². The number of esters is 1. The number of aromatic nitrogens is 1. The monoisotopic (exact) mass is 421 g/mol. The molecule has 2 aromatic carbocycles. The van der Waals surface area contributed by atoms with Gasteiger partial charge in [-0.1, -0.05) is 42.5 Å². The summed E-state index contributed by atoms with van der Waals surface area (Å²) in [5.41, 5.74) is 3.91. The van der Waals surface area contributed by atoms with Gasteiger partial charge in [-0.15, -0.1) is 0 Å². The van der Waals surface area contributed by atoms with Gasteiger partial charge >= 0.3 is 5.97 Å². The number of aliphatic hydroxyl groups is 1. The molecule has 31 heavy (non-hydrogen) atoms. The maximum Gasteiger partial charge on any atom is 0.340 e. The first-order valence-electron chi connectivity index (χ1n) is 10.1. The minimum absolute atomic E-state index is 0.294. The van der Waals surface area contributed by atoms with Crippen LogP contribution in [0, 0.1) is 13.8 Å². The molecule has 1 atom stereocenters. The third-order valence-corrected chi connectivity index (χ3v) is 5.34. The number of methoxy groups -OCH3 is 1. The highest BCUT2D eigenvalue weighted by Crippen LogP contribution is 2.19. The molecular formula is C25H27NO5. The summed E-state index contributed by atoms with van der Waals surface area (Å²) in [7, 11) is 1.64. The lowest BCUT2D eigenvalue weighted by Gasteiger charge is -2.11. The number of aliphatic hydroxyl groups excluding tert-OH is 1. The van der Waals surface area contributed by atoms with Crippen molar-refractivity contribution in [3.05, 3.63) is 88.7 Å². The van der Waals surface area contributed by atoms with E-state index in [1.165, 1.54) is 5.56 Å². The van der Waals surface area contributed by atoms with E-state index in [-0.39, 0.29) is 5.78 Å². The quantitative estimate of drug-likeness (QED) is 0.420. The fourth-order valence-corrected chi connectivity index (χ4v) is 3.53. The van der Waals surface area contributed by atoms with Gasteiger partial charge < -0.3 is 19.1 Å². The number of carbonyl (C=O) groups excluding carboxylic acids is 2. The zero-order valence-corrected chi connectivity index (χ0v) is 18.0. The van der Waals surface area contributed by atoms with Gasteiger partial charge in [-0.05, 0) is 49.6 Å². The number of Topliss-reactive ketones (excluding diaryl/α,β-unsaturated/α-hetero) is 1. The number of hydrogen-bond acceptors (Lipinski definition) is 5. The number of carbonyl (C=O) groups is 2. The zero-order valence-electron chi connectivity index (χ0n) is 18.0. The van der Waals surface area contributed by atoms with E-state index >= 15 is 0 Å². The van der Waals surface area contributed by atoms with Gasteiger partial charge in [-0.25, -0.2) is 4.79 Å². The second-order valence-electron chi connectivity index (χ2n) is 7.38. The Morgan fingerprint density at radius 2 is 1.71 bits per heavy atom. The number of ketones is 1. The molecule has 3 aromatic rings. The molecule has 1 heterocycles. The molecular weight excluding hydrogens is 394 g/mol. The Kier molecular flexibility index (Phi) is 7.26.